The van der Waals surface area contributed by atoms with E-state index in [0.29, 0.717) is 19.8 Å². The molecule has 0 aliphatic heterocycles. The number of aryl methyl sites for hydroxylation is 1. The Morgan fingerprint density at radius 2 is 1.30 bits per heavy atom. The third kappa shape index (κ3) is 5.66. The Morgan fingerprint density at radius 3 is 1.70 bits per heavy atom. The summed E-state index contributed by atoms with van der Waals surface area (Å²) in [4.78, 5) is 0. The van der Waals surface area contributed by atoms with Gasteiger partial charge >= 0.3 is 8.80 Å². The van der Waals surface area contributed by atoms with Crippen molar-refractivity contribution in [2.24, 2.45) is 0 Å². The molecular weight excluding hydrogens is 336 g/mol. The molecule has 0 aromatic heterocycles. The van der Waals surface area contributed by atoms with E-state index < -0.39 is 8.80 Å². The van der Waals surface area contributed by atoms with Gasteiger partial charge in [0.2, 0.25) is 0 Å². The van der Waals surface area contributed by atoms with Crippen LogP contribution in [0, 0.1) is 0 Å². The predicted molar refractivity (Wildman–Crippen MR) is 88.2 cm³/mol. The van der Waals surface area contributed by atoms with Crippen LogP contribution < -0.4 is 0 Å². The second kappa shape index (κ2) is 9.68. The van der Waals surface area contributed by atoms with E-state index >= 15 is 0 Å². The summed E-state index contributed by atoms with van der Waals surface area (Å²) >= 11 is 3.46. The van der Waals surface area contributed by atoms with Crippen molar-refractivity contribution in [3.05, 3.63) is 35.4 Å². The van der Waals surface area contributed by atoms with Gasteiger partial charge in [-0.2, -0.15) is 0 Å². The van der Waals surface area contributed by atoms with Gasteiger partial charge in [-0.3, -0.25) is 0 Å². The summed E-state index contributed by atoms with van der Waals surface area (Å²) in [5, 5.41) is 0.892. The van der Waals surface area contributed by atoms with E-state index in [9.17, 15) is 0 Å². The molecule has 1 rings (SSSR count). The van der Waals surface area contributed by atoms with Crippen LogP contribution in [0.4, 0.5) is 0 Å². The van der Waals surface area contributed by atoms with Crippen molar-refractivity contribution in [1.82, 2.24) is 0 Å². The van der Waals surface area contributed by atoms with Gasteiger partial charge in [0.25, 0.3) is 0 Å². The summed E-state index contributed by atoms with van der Waals surface area (Å²) in [7, 11) is -2.51. The molecule has 3 nitrogen and oxygen atoms in total. The highest BCUT2D eigenvalue weighted by atomic mass is 79.9. The number of hydrogen-bond donors (Lipinski definition) is 0. The lowest BCUT2D eigenvalue weighted by Crippen LogP contribution is -2.46. The summed E-state index contributed by atoms with van der Waals surface area (Å²) in [6.07, 6.45) is 0.925. The molecule has 0 unspecified atom stereocenters. The zero-order valence-corrected chi connectivity index (χ0v) is 15.2. The molecule has 0 N–H and O–H groups in total. The minimum Gasteiger partial charge on any atom is -0.374 e. The Labute approximate surface area is 132 Å². The Kier molecular flexibility index (Phi) is 8.64. The minimum absolute atomic E-state index is 0.634. The summed E-state index contributed by atoms with van der Waals surface area (Å²) in [6.45, 7) is 7.87. The van der Waals surface area contributed by atoms with Crippen molar-refractivity contribution in [1.29, 1.82) is 0 Å². The molecule has 0 fully saturated rings. The lowest BCUT2D eigenvalue weighted by Gasteiger charge is -2.28. The molecule has 1 aromatic rings. The molecule has 0 heterocycles. The zero-order chi connectivity index (χ0) is 14.8. The average molecular weight is 361 g/mol. The van der Waals surface area contributed by atoms with Crippen LogP contribution in [0.3, 0.4) is 0 Å². The van der Waals surface area contributed by atoms with Crippen LogP contribution in [0.15, 0.2) is 24.3 Å². The summed E-state index contributed by atoms with van der Waals surface area (Å²) in [5.41, 5.74) is 2.59. The van der Waals surface area contributed by atoms with Crippen LogP contribution in [-0.4, -0.2) is 28.6 Å². The fourth-order valence-corrected chi connectivity index (χ4v) is 5.06. The van der Waals surface area contributed by atoms with E-state index in [1.165, 1.54) is 11.1 Å². The molecule has 20 heavy (non-hydrogen) atoms. The van der Waals surface area contributed by atoms with Gasteiger partial charge in [-0.15, -0.1) is 0 Å². The molecule has 5 heteroatoms. The lowest BCUT2D eigenvalue weighted by molar-refractivity contribution is 0.0714. The standard InChI is InChI=1S/C15H25BrO3Si/c1-4-17-20(18-5-2,19-6-3)12-11-14-7-9-15(13-16)10-8-14/h7-10H,4-6,11-13H2,1-3H3. The maximum Gasteiger partial charge on any atom is 0.501 e. The number of halogens is 1. The van der Waals surface area contributed by atoms with Crippen LogP contribution >= 0.6 is 15.9 Å². The van der Waals surface area contributed by atoms with E-state index in [2.05, 4.69) is 40.2 Å². The molecule has 114 valence electrons. The number of rotatable bonds is 10. The quantitative estimate of drug-likeness (QED) is 0.462. The van der Waals surface area contributed by atoms with Crippen LogP contribution in [-0.2, 0) is 25.0 Å². The molecule has 0 aliphatic carbocycles. The SMILES string of the molecule is CCO[Si](CCc1ccc(CBr)cc1)(OCC)OCC. The first kappa shape index (κ1) is 17.8. The molecule has 0 radical (unpaired) electrons. The molecule has 0 atom stereocenters. The Hall–Kier alpha value is -0.203. The molecule has 1 aromatic carbocycles. The van der Waals surface area contributed by atoms with E-state index in [0.717, 1.165) is 17.8 Å². The van der Waals surface area contributed by atoms with Gasteiger partial charge in [-0.25, -0.2) is 0 Å². The van der Waals surface area contributed by atoms with Gasteiger partial charge < -0.3 is 13.3 Å². The van der Waals surface area contributed by atoms with Crippen LogP contribution in [0.5, 0.6) is 0 Å². The van der Waals surface area contributed by atoms with Crippen molar-refractivity contribution >= 4 is 24.7 Å². The monoisotopic (exact) mass is 360 g/mol. The normalized spacial score (nSPS) is 11.8. The number of hydrogen-bond acceptors (Lipinski definition) is 3. The first-order valence-corrected chi connectivity index (χ1v) is 10.3. The zero-order valence-electron chi connectivity index (χ0n) is 12.7. The lowest BCUT2D eigenvalue weighted by atomic mass is 10.1. The fourth-order valence-electron chi connectivity index (χ4n) is 2.09. The van der Waals surface area contributed by atoms with Gasteiger partial charge in [-0.05, 0) is 38.3 Å². The molecule has 0 saturated carbocycles. The Bertz CT molecular complexity index is 353. The molecule has 0 bridgehead atoms. The summed E-state index contributed by atoms with van der Waals surface area (Å²) < 4.78 is 17.6. The average Bonchev–Trinajstić information content (AvgIpc) is 2.46. The first-order valence-electron chi connectivity index (χ1n) is 7.25. The third-order valence-corrected chi connectivity index (χ3v) is 6.69. The summed E-state index contributed by atoms with van der Waals surface area (Å²) in [5.74, 6) is 0. The molecule has 0 spiro atoms. The van der Waals surface area contributed by atoms with Crippen molar-refractivity contribution < 1.29 is 13.3 Å². The predicted octanol–water partition coefficient (Wildman–Crippen LogP) is 4.17. The summed E-state index contributed by atoms with van der Waals surface area (Å²) in [6, 6.07) is 9.46. The van der Waals surface area contributed by atoms with Crippen molar-refractivity contribution in [3.8, 4) is 0 Å². The largest absolute Gasteiger partial charge is 0.501 e. The maximum absolute atomic E-state index is 5.86. The number of alkyl halides is 1. The van der Waals surface area contributed by atoms with Gasteiger partial charge in [0.05, 0.1) is 0 Å². The second-order valence-electron chi connectivity index (χ2n) is 4.43. The molecular formula is C15H25BrO3Si. The molecule has 0 amide bonds. The molecule has 0 aliphatic rings. The van der Waals surface area contributed by atoms with E-state index in [4.69, 9.17) is 13.3 Å². The smallest absolute Gasteiger partial charge is 0.374 e. The highest BCUT2D eigenvalue weighted by Crippen LogP contribution is 2.20. The Morgan fingerprint density at radius 1 is 0.850 bits per heavy atom. The van der Waals surface area contributed by atoms with Crippen LogP contribution in [0.2, 0.25) is 6.04 Å². The van der Waals surface area contributed by atoms with Crippen LogP contribution in [0.1, 0.15) is 31.9 Å². The van der Waals surface area contributed by atoms with Crippen molar-refractivity contribution in [2.45, 2.75) is 38.6 Å². The first-order chi connectivity index (χ1) is 9.69. The highest BCUT2D eigenvalue weighted by molar-refractivity contribution is 9.08. The maximum atomic E-state index is 5.86. The molecule has 0 saturated heterocycles. The van der Waals surface area contributed by atoms with Gasteiger partial charge in [0.15, 0.2) is 0 Å². The van der Waals surface area contributed by atoms with Crippen LogP contribution in [0.25, 0.3) is 0 Å². The third-order valence-electron chi connectivity index (χ3n) is 2.99. The van der Waals surface area contributed by atoms with Crippen molar-refractivity contribution in [3.63, 3.8) is 0 Å². The van der Waals surface area contributed by atoms with E-state index in [1.54, 1.807) is 0 Å². The Balaban J connectivity index is 2.67. The van der Waals surface area contributed by atoms with Gasteiger partial charge in [-0.1, -0.05) is 40.2 Å². The minimum atomic E-state index is -2.51. The second-order valence-corrected chi connectivity index (χ2v) is 7.72. The number of benzene rings is 1. The fraction of sp³-hybridized carbons (Fsp3) is 0.600. The van der Waals surface area contributed by atoms with Gasteiger partial charge in [0.1, 0.15) is 0 Å². The van der Waals surface area contributed by atoms with E-state index in [-0.39, 0.29) is 0 Å². The van der Waals surface area contributed by atoms with Crippen molar-refractivity contribution in [2.75, 3.05) is 19.8 Å². The van der Waals surface area contributed by atoms with Gasteiger partial charge in [0, 0.05) is 31.2 Å². The highest BCUT2D eigenvalue weighted by Gasteiger charge is 2.39. The van der Waals surface area contributed by atoms with E-state index in [1.807, 2.05) is 20.8 Å². The topological polar surface area (TPSA) is 27.7 Å².